The second kappa shape index (κ2) is 8.00. The molecule has 29 heavy (non-hydrogen) atoms. The van der Waals surface area contributed by atoms with Gasteiger partial charge in [0.1, 0.15) is 5.82 Å². The lowest BCUT2D eigenvalue weighted by molar-refractivity contribution is 0.0721. The van der Waals surface area contributed by atoms with Gasteiger partial charge in [0.25, 0.3) is 5.91 Å². The fraction of sp³-hybridized carbons (Fsp3) is 0.400. The number of methoxy groups -OCH3 is 1. The second-order valence-electron chi connectivity index (χ2n) is 7.17. The van der Waals surface area contributed by atoms with Gasteiger partial charge in [-0.1, -0.05) is 0 Å². The van der Waals surface area contributed by atoms with Gasteiger partial charge in [-0.3, -0.25) is 9.78 Å². The highest BCUT2D eigenvalue weighted by molar-refractivity contribution is 7.19. The molecular formula is C20H22FN5O2S. The van der Waals surface area contributed by atoms with Crippen molar-refractivity contribution in [2.45, 2.75) is 32.4 Å². The molecule has 9 heteroatoms. The Morgan fingerprint density at radius 1 is 1.38 bits per heavy atom. The van der Waals surface area contributed by atoms with Gasteiger partial charge in [0.2, 0.25) is 5.95 Å². The molecule has 2 atom stereocenters. The molecule has 1 aliphatic rings. The van der Waals surface area contributed by atoms with Crippen molar-refractivity contribution in [3.63, 3.8) is 0 Å². The van der Waals surface area contributed by atoms with Crippen LogP contribution in [0, 0.1) is 12.7 Å². The molecule has 0 bridgehead atoms. The number of nitrogens with one attached hydrogen (secondary N) is 1. The minimum atomic E-state index is -0.404. The third kappa shape index (κ3) is 4.06. The molecule has 152 valence electrons. The van der Waals surface area contributed by atoms with Gasteiger partial charge in [0.05, 0.1) is 28.6 Å². The SMILES string of the molecule is CO[C@@H]1CCN(C(=O)c2nc(N[C@@H](C)c3cncc(F)c3)nc3cc(C)sc23)C1. The number of aryl methyl sites for hydroxylation is 1. The highest BCUT2D eigenvalue weighted by Gasteiger charge is 2.29. The molecule has 1 N–H and O–H groups in total. The topological polar surface area (TPSA) is 80.2 Å². The lowest BCUT2D eigenvalue weighted by atomic mass is 10.1. The predicted molar refractivity (Wildman–Crippen MR) is 110 cm³/mol. The van der Waals surface area contributed by atoms with Crippen molar-refractivity contribution in [2.24, 2.45) is 0 Å². The third-order valence-corrected chi connectivity index (χ3v) is 6.08. The van der Waals surface area contributed by atoms with Crippen LogP contribution in [0.2, 0.25) is 0 Å². The number of hydrogen-bond donors (Lipinski definition) is 1. The van der Waals surface area contributed by atoms with Crippen molar-refractivity contribution >= 4 is 33.4 Å². The molecule has 4 heterocycles. The first-order valence-electron chi connectivity index (χ1n) is 9.42. The lowest BCUT2D eigenvalue weighted by Crippen LogP contribution is -2.31. The highest BCUT2D eigenvalue weighted by Crippen LogP contribution is 2.30. The minimum Gasteiger partial charge on any atom is -0.380 e. The van der Waals surface area contributed by atoms with E-state index in [9.17, 15) is 9.18 Å². The Balaban J connectivity index is 1.66. The Morgan fingerprint density at radius 2 is 2.21 bits per heavy atom. The van der Waals surface area contributed by atoms with Gasteiger partial charge in [0, 0.05) is 31.3 Å². The van der Waals surface area contributed by atoms with E-state index >= 15 is 0 Å². The van der Waals surface area contributed by atoms with E-state index in [1.807, 2.05) is 19.9 Å². The summed E-state index contributed by atoms with van der Waals surface area (Å²) in [5.41, 5.74) is 1.78. The summed E-state index contributed by atoms with van der Waals surface area (Å²) in [5, 5.41) is 3.17. The van der Waals surface area contributed by atoms with Gasteiger partial charge in [-0.15, -0.1) is 11.3 Å². The van der Waals surface area contributed by atoms with E-state index in [-0.39, 0.29) is 18.1 Å². The first kappa shape index (κ1) is 19.7. The number of pyridine rings is 1. The van der Waals surface area contributed by atoms with E-state index < -0.39 is 5.82 Å². The molecule has 3 aromatic rings. The molecule has 4 rings (SSSR count). The molecule has 0 saturated carbocycles. The summed E-state index contributed by atoms with van der Waals surface area (Å²) >= 11 is 1.51. The van der Waals surface area contributed by atoms with Crippen LogP contribution in [0.1, 0.15) is 40.3 Å². The van der Waals surface area contributed by atoms with E-state index in [0.717, 1.165) is 27.7 Å². The van der Waals surface area contributed by atoms with Crippen molar-refractivity contribution in [1.82, 2.24) is 19.9 Å². The van der Waals surface area contributed by atoms with Crippen LogP contribution in [0.3, 0.4) is 0 Å². The number of nitrogens with zero attached hydrogens (tertiary/aromatic N) is 4. The van der Waals surface area contributed by atoms with E-state index in [4.69, 9.17) is 4.74 Å². The summed E-state index contributed by atoms with van der Waals surface area (Å²) in [7, 11) is 1.66. The number of halogens is 1. The molecule has 1 amide bonds. The third-order valence-electron chi connectivity index (χ3n) is 5.03. The first-order valence-corrected chi connectivity index (χ1v) is 10.2. The summed E-state index contributed by atoms with van der Waals surface area (Å²) in [5.74, 6) is -0.196. The zero-order valence-corrected chi connectivity index (χ0v) is 17.3. The first-order chi connectivity index (χ1) is 13.9. The van der Waals surface area contributed by atoms with Gasteiger partial charge in [-0.05, 0) is 38.0 Å². The molecule has 0 aliphatic carbocycles. The molecule has 7 nitrogen and oxygen atoms in total. The summed E-state index contributed by atoms with van der Waals surface area (Å²) in [6.45, 7) is 5.04. The predicted octanol–water partition coefficient (Wildman–Crippen LogP) is 3.57. The van der Waals surface area contributed by atoms with E-state index in [2.05, 4.69) is 20.3 Å². The molecule has 1 saturated heterocycles. The largest absolute Gasteiger partial charge is 0.380 e. The van der Waals surface area contributed by atoms with Crippen LogP contribution in [0.15, 0.2) is 24.5 Å². The van der Waals surface area contributed by atoms with Crippen molar-refractivity contribution < 1.29 is 13.9 Å². The molecule has 0 spiro atoms. The zero-order valence-electron chi connectivity index (χ0n) is 16.5. The smallest absolute Gasteiger partial charge is 0.274 e. The van der Waals surface area contributed by atoms with Crippen LogP contribution in [0.4, 0.5) is 10.3 Å². The monoisotopic (exact) mass is 415 g/mol. The average molecular weight is 415 g/mol. The highest BCUT2D eigenvalue weighted by atomic mass is 32.1. The number of carbonyl (C=O) groups is 1. The van der Waals surface area contributed by atoms with Crippen LogP contribution < -0.4 is 5.32 Å². The summed E-state index contributed by atoms with van der Waals surface area (Å²) in [4.78, 5) is 29.0. The number of likely N-dealkylation sites (tertiary alicyclic amines) is 1. The summed E-state index contributed by atoms with van der Waals surface area (Å²) in [6.07, 6.45) is 3.62. The standard InChI is InChI=1S/C20H22FN5O2S/c1-11-6-16-18(29-11)17(19(27)26-5-4-15(10-26)28-3)25-20(24-16)23-12(2)13-7-14(21)9-22-8-13/h6-9,12,15H,4-5,10H2,1-3H3,(H,23,24,25)/t12-,15+/m0/s1. The molecule has 1 aliphatic heterocycles. The van der Waals surface area contributed by atoms with Gasteiger partial charge in [-0.25, -0.2) is 14.4 Å². The molecule has 0 aromatic carbocycles. The molecule has 1 fully saturated rings. The maximum atomic E-state index is 13.5. The fourth-order valence-corrected chi connectivity index (χ4v) is 4.39. The van der Waals surface area contributed by atoms with Crippen LogP contribution in [-0.4, -0.2) is 52.1 Å². The van der Waals surface area contributed by atoms with Crippen molar-refractivity contribution in [3.05, 3.63) is 46.5 Å². The Labute approximate surface area is 171 Å². The van der Waals surface area contributed by atoms with Gasteiger partial charge >= 0.3 is 0 Å². The van der Waals surface area contributed by atoms with Crippen molar-refractivity contribution in [1.29, 1.82) is 0 Å². The maximum Gasteiger partial charge on any atom is 0.274 e. The zero-order chi connectivity index (χ0) is 20.5. The normalized spacial score (nSPS) is 17.7. The van der Waals surface area contributed by atoms with Gasteiger partial charge < -0.3 is 15.0 Å². The van der Waals surface area contributed by atoms with Gasteiger partial charge in [-0.2, -0.15) is 0 Å². The van der Waals surface area contributed by atoms with E-state index in [1.54, 1.807) is 18.2 Å². The summed E-state index contributed by atoms with van der Waals surface area (Å²) < 4.78 is 19.7. The minimum absolute atomic E-state index is 0.0550. The number of thiophene rings is 1. The molecule has 3 aromatic heterocycles. The molecule has 0 radical (unpaired) electrons. The number of amides is 1. The quantitative estimate of drug-likeness (QED) is 0.686. The number of hydrogen-bond acceptors (Lipinski definition) is 7. The van der Waals surface area contributed by atoms with E-state index in [1.165, 1.54) is 17.4 Å². The second-order valence-corrected chi connectivity index (χ2v) is 8.42. The molecular weight excluding hydrogens is 393 g/mol. The Morgan fingerprint density at radius 3 is 2.93 bits per heavy atom. The molecule has 0 unspecified atom stereocenters. The fourth-order valence-electron chi connectivity index (χ4n) is 3.46. The van der Waals surface area contributed by atoms with Crippen molar-refractivity contribution in [2.75, 3.05) is 25.5 Å². The van der Waals surface area contributed by atoms with E-state index in [0.29, 0.717) is 30.3 Å². The number of aromatic nitrogens is 3. The Bertz CT molecular complexity index is 1060. The summed E-state index contributed by atoms with van der Waals surface area (Å²) in [6, 6.07) is 3.09. The number of ether oxygens (including phenoxy) is 1. The van der Waals surface area contributed by atoms with Crippen LogP contribution in [0.25, 0.3) is 10.2 Å². The number of fused-ring (bicyclic) bond motifs is 1. The van der Waals surface area contributed by atoms with Crippen LogP contribution in [-0.2, 0) is 4.74 Å². The van der Waals surface area contributed by atoms with Crippen LogP contribution in [0.5, 0.6) is 0 Å². The van der Waals surface area contributed by atoms with Crippen LogP contribution >= 0.6 is 11.3 Å². The maximum absolute atomic E-state index is 13.5. The number of rotatable bonds is 5. The average Bonchev–Trinajstić information content (AvgIpc) is 3.32. The number of carbonyl (C=O) groups excluding carboxylic acids is 1. The van der Waals surface area contributed by atoms with Crippen molar-refractivity contribution in [3.8, 4) is 0 Å². The Hall–Kier alpha value is -2.65. The Kier molecular flexibility index (Phi) is 5.42. The lowest BCUT2D eigenvalue weighted by Gasteiger charge is -2.18. The van der Waals surface area contributed by atoms with Gasteiger partial charge in [0.15, 0.2) is 5.69 Å². The number of anilines is 1.